The van der Waals surface area contributed by atoms with Gasteiger partial charge in [0.25, 0.3) is 15.9 Å². The number of hydroxylamine groups is 1. The van der Waals surface area contributed by atoms with Gasteiger partial charge in [-0.2, -0.15) is 0 Å². The van der Waals surface area contributed by atoms with Crippen molar-refractivity contribution < 1.29 is 23.2 Å². The van der Waals surface area contributed by atoms with E-state index in [9.17, 15) is 13.2 Å². The lowest BCUT2D eigenvalue weighted by molar-refractivity contribution is -0.127. The van der Waals surface area contributed by atoms with Crippen molar-refractivity contribution in [2.75, 3.05) is 6.54 Å². The molecule has 0 spiro atoms. The second-order valence-electron chi connectivity index (χ2n) is 5.65. The molecule has 0 aromatic heterocycles. The Kier molecular flexibility index (Phi) is 6.35. The molecule has 0 saturated heterocycles. The highest BCUT2D eigenvalue weighted by atomic mass is 32.2. The van der Waals surface area contributed by atoms with Crippen LogP contribution in [-0.2, 0) is 14.8 Å². The van der Waals surface area contributed by atoms with Crippen LogP contribution in [0.5, 0.6) is 5.75 Å². The number of ether oxygens (including phenoxy) is 1. The van der Waals surface area contributed by atoms with E-state index in [-0.39, 0.29) is 6.42 Å². The summed E-state index contributed by atoms with van der Waals surface area (Å²) in [4.78, 5) is 9.52. The van der Waals surface area contributed by atoms with Crippen LogP contribution in [0.4, 0.5) is 0 Å². The van der Waals surface area contributed by atoms with Crippen LogP contribution in [0.15, 0.2) is 54.1 Å². The monoisotopic (exact) mass is 366 g/mol. The summed E-state index contributed by atoms with van der Waals surface area (Å²) >= 11 is 0. The molecule has 0 radical (unpaired) electrons. The third-order valence-corrected chi connectivity index (χ3v) is 5.60. The van der Waals surface area contributed by atoms with Crippen molar-refractivity contribution in [1.82, 2.24) is 10.2 Å². The van der Waals surface area contributed by atoms with Crippen LogP contribution in [0.1, 0.15) is 26.2 Å². The van der Waals surface area contributed by atoms with Crippen molar-refractivity contribution >= 4 is 15.9 Å². The van der Waals surface area contributed by atoms with Crippen LogP contribution < -0.4 is 14.9 Å². The molecule has 1 unspecified atom stereocenters. The van der Waals surface area contributed by atoms with E-state index in [2.05, 4.69) is 4.72 Å². The summed E-state index contributed by atoms with van der Waals surface area (Å²) in [7, 11) is -4.06. The molecule has 0 saturated carbocycles. The number of para-hydroxylation sites is 1. The Bertz CT molecular complexity index is 759. The molecule has 8 heteroatoms. The van der Waals surface area contributed by atoms with Gasteiger partial charge in [0.15, 0.2) is 0 Å². The van der Waals surface area contributed by atoms with Gasteiger partial charge >= 0.3 is 0 Å². The third kappa shape index (κ3) is 4.68. The zero-order valence-electron chi connectivity index (χ0n) is 13.9. The standard InChI is InChI=1S/C17H22N2O5S/c1-2-6-14-9-11-17(12-10-14,24-15-7-4-3-5-8-15)25(22,23)18-13-16(20)19-21/h3-5,7-11,18,21H,2,6,12-13H2,1H3,(H,19,20). The lowest BCUT2D eigenvalue weighted by Gasteiger charge is -2.32. The van der Waals surface area contributed by atoms with Crippen LogP contribution in [0.2, 0.25) is 0 Å². The van der Waals surface area contributed by atoms with Gasteiger partial charge in [0.1, 0.15) is 5.75 Å². The highest BCUT2D eigenvalue weighted by Gasteiger charge is 2.44. The van der Waals surface area contributed by atoms with Crippen molar-refractivity contribution in [2.45, 2.75) is 31.1 Å². The molecule has 136 valence electrons. The quantitative estimate of drug-likeness (QED) is 0.481. The first kappa shape index (κ1) is 19.2. The van der Waals surface area contributed by atoms with E-state index in [0.717, 1.165) is 18.4 Å². The van der Waals surface area contributed by atoms with Crippen molar-refractivity contribution in [3.05, 3.63) is 54.1 Å². The number of allylic oxidation sites excluding steroid dienone is 2. The molecule has 1 amide bonds. The molecule has 1 aliphatic carbocycles. The van der Waals surface area contributed by atoms with Gasteiger partial charge in [-0.1, -0.05) is 49.3 Å². The van der Waals surface area contributed by atoms with E-state index in [0.29, 0.717) is 5.75 Å². The zero-order valence-corrected chi connectivity index (χ0v) is 14.8. The molecule has 0 bridgehead atoms. The Morgan fingerprint density at radius 1 is 1.32 bits per heavy atom. The largest absolute Gasteiger partial charge is 0.466 e. The van der Waals surface area contributed by atoms with Crippen LogP contribution in [-0.4, -0.2) is 31.0 Å². The molecule has 0 aliphatic heterocycles. The van der Waals surface area contributed by atoms with Crippen molar-refractivity contribution in [3.8, 4) is 5.75 Å². The number of carbonyl (C=O) groups is 1. The lowest BCUT2D eigenvalue weighted by Crippen LogP contribution is -2.51. The van der Waals surface area contributed by atoms with Gasteiger partial charge in [-0.3, -0.25) is 10.0 Å². The molecule has 1 atom stereocenters. The summed E-state index contributed by atoms with van der Waals surface area (Å²) in [5.74, 6) is -0.461. The first-order chi connectivity index (χ1) is 11.9. The maximum absolute atomic E-state index is 12.8. The fourth-order valence-electron chi connectivity index (χ4n) is 2.46. The molecule has 1 aromatic carbocycles. The predicted molar refractivity (Wildman–Crippen MR) is 93.4 cm³/mol. The topological polar surface area (TPSA) is 105 Å². The van der Waals surface area contributed by atoms with Crippen molar-refractivity contribution in [3.63, 3.8) is 0 Å². The van der Waals surface area contributed by atoms with Gasteiger partial charge in [0, 0.05) is 6.42 Å². The van der Waals surface area contributed by atoms with Crippen LogP contribution in [0.3, 0.4) is 0 Å². The van der Waals surface area contributed by atoms with E-state index >= 15 is 0 Å². The second-order valence-corrected chi connectivity index (χ2v) is 7.64. The van der Waals surface area contributed by atoms with Crippen molar-refractivity contribution in [2.24, 2.45) is 0 Å². The first-order valence-corrected chi connectivity index (χ1v) is 9.45. The third-order valence-electron chi connectivity index (χ3n) is 3.77. The van der Waals surface area contributed by atoms with Gasteiger partial charge in [-0.05, 0) is 24.6 Å². The fraction of sp³-hybridized carbons (Fsp3) is 0.353. The Balaban J connectivity index is 2.30. The van der Waals surface area contributed by atoms with E-state index in [1.807, 2.05) is 13.0 Å². The summed E-state index contributed by atoms with van der Waals surface area (Å²) in [5.41, 5.74) is 2.43. The molecule has 0 fully saturated rings. The predicted octanol–water partition coefficient (Wildman–Crippen LogP) is 1.87. The maximum Gasteiger partial charge on any atom is 0.258 e. The summed E-state index contributed by atoms with van der Waals surface area (Å²) in [6.07, 6.45) is 6.98. The molecule has 1 aliphatic rings. The van der Waals surface area contributed by atoms with Crippen LogP contribution in [0, 0.1) is 0 Å². The highest BCUT2D eigenvalue weighted by molar-refractivity contribution is 7.91. The zero-order chi connectivity index (χ0) is 18.3. The number of rotatable bonds is 8. The SMILES string of the molecule is CCCC1=CCC(Oc2ccccc2)(S(=O)(=O)NCC(=O)NO)C=C1. The van der Waals surface area contributed by atoms with Gasteiger partial charge in [0.05, 0.1) is 6.54 Å². The number of amides is 1. The molecule has 7 nitrogen and oxygen atoms in total. The number of sulfonamides is 1. The molecule has 1 aromatic rings. The van der Waals surface area contributed by atoms with E-state index in [1.165, 1.54) is 11.6 Å². The Hall–Kier alpha value is -2.16. The van der Waals surface area contributed by atoms with Gasteiger partial charge in [-0.15, -0.1) is 0 Å². The summed E-state index contributed by atoms with van der Waals surface area (Å²) in [5, 5.41) is 8.55. The Morgan fingerprint density at radius 3 is 2.60 bits per heavy atom. The number of benzene rings is 1. The van der Waals surface area contributed by atoms with Crippen LogP contribution in [0.25, 0.3) is 0 Å². The summed E-state index contributed by atoms with van der Waals surface area (Å²) in [6, 6.07) is 8.61. The first-order valence-electron chi connectivity index (χ1n) is 7.97. The number of hydrogen-bond donors (Lipinski definition) is 3. The molecular weight excluding hydrogens is 344 g/mol. The lowest BCUT2D eigenvalue weighted by atomic mass is 10.0. The van der Waals surface area contributed by atoms with E-state index in [4.69, 9.17) is 9.94 Å². The Labute approximate surface area is 147 Å². The van der Waals surface area contributed by atoms with Gasteiger partial charge in [0.2, 0.25) is 4.93 Å². The molecule has 25 heavy (non-hydrogen) atoms. The minimum absolute atomic E-state index is 0.115. The number of nitrogens with one attached hydrogen (secondary N) is 2. The summed E-state index contributed by atoms with van der Waals surface area (Å²) < 4.78 is 33.6. The Morgan fingerprint density at radius 2 is 2.04 bits per heavy atom. The fourth-order valence-corrected chi connectivity index (χ4v) is 3.78. The number of hydrogen-bond acceptors (Lipinski definition) is 5. The molecule has 3 N–H and O–H groups in total. The molecule has 2 rings (SSSR count). The minimum Gasteiger partial charge on any atom is -0.466 e. The van der Waals surface area contributed by atoms with Gasteiger partial charge in [-0.25, -0.2) is 18.6 Å². The highest BCUT2D eigenvalue weighted by Crippen LogP contribution is 2.32. The maximum atomic E-state index is 12.8. The van der Waals surface area contributed by atoms with Crippen molar-refractivity contribution in [1.29, 1.82) is 0 Å². The average Bonchev–Trinajstić information content (AvgIpc) is 2.62. The smallest absolute Gasteiger partial charge is 0.258 e. The van der Waals surface area contributed by atoms with Crippen LogP contribution >= 0.6 is 0 Å². The second kappa shape index (κ2) is 8.28. The minimum atomic E-state index is -4.06. The molecule has 0 heterocycles. The molecular formula is C17H22N2O5S. The number of carbonyl (C=O) groups excluding carboxylic acids is 1. The van der Waals surface area contributed by atoms with Gasteiger partial charge < -0.3 is 4.74 Å². The normalized spacial score (nSPS) is 20.0. The summed E-state index contributed by atoms with van der Waals surface area (Å²) in [6.45, 7) is 1.46. The van der Waals surface area contributed by atoms with E-state index < -0.39 is 27.4 Å². The van der Waals surface area contributed by atoms with E-state index in [1.54, 1.807) is 36.4 Å². The average molecular weight is 366 g/mol.